The van der Waals surface area contributed by atoms with Crippen molar-refractivity contribution in [3.63, 3.8) is 0 Å². The topological polar surface area (TPSA) is 140 Å². The van der Waals surface area contributed by atoms with Gasteiger partial charge in [-0.05, 0) is 94.5 Å². The molecule has 1 saturated carbocycles. The zero-order chi connectivity index (χ0) is 47.4. The summed E-state index contributed by atoms with van der Waals surface area (Å²) in [6.45, 7) is 13.0. The van der Waals surface area contributed by atoms with Gasteiger partial charge in [-0.2, -0.15) is 0 Å². The summed E-state index contributed by atoms with van der Waals surface area (Å²) in [5, 5.41) is 34.6. The van der Waals surface area contributed by atoms with Crippen molar-refractivity contribution in [3.05, 3.63) is 83.7 Å². The Morgan fingerprint density at radius 3 is 2.32 bits per heavy atom. The lowest BCUT2D eigenvalue weighted by atomic mass is 9.55. The number of ether oxygens (including phenoxy) is 4. The zero-order valence-corrected chi connectivity index (χ0v) is 40.5. The third-order valence-electron chi connectivity index (χ3n) is 13.3. The Morgan fingerprint density at radius 2 is 1.64 bits per heavy atom. The molecule has 1 heterocycles. The average Bonchev–Trinajstić information content (AvgIpc) is 3.30. The van der Waals surface area contributed by atoms with E-state index in [0.717, 1.165) is 68.2 Å². The maximum Gasteiger partial charge on any atom is 0.239 e. The molecule has 368 valence electrons. The maximum atomic E-state index is 14.9. The van der Waals surface area contributed by atoms with Crippen LogP contribution in [0.1, 0.15) is 154 Å². The van der Waals surface area contributed by atoms with Crippen molar-refractivity contribution in [1.82, 2.24) is 4.90 Å². The number of oxime groups is 1. The minimum Gasteiger partial charge on any atom is -0.489 e. The van der Waals surface area contributed by atoms with Crippen LogP contribution in [-0.2, 0) is 25.7 Å². The van der Waals surface area contributed by atoms with E-state index in [9.17, 15) is 24.5 Å². The van der Waals surface area contributed by atoms with Gasteiger partial charge in [0, 0.05) is 49.6 Å². The van der Waals surface area contributed by atoms with Gasteiger partial charge in [-0.3, -0.25) is 4.79 Å². The zero-order valence-electron chi connectivity index (χ0n) is 40.5. The lowest BCUT2D eigenvalue weighted by molar-refractivity contribution is -0.258. The van der Waals surface area contributed by atoms with Crippen LogP contribution in [-0.4, -0.2) is 95.5 Å². The van der Waals surface area contributed by atoms with Crippen molar-refractivity contribution < 1.29 is 48.3 Å². The van der Waals surface area contributed by atoms with Gasteiger partial charge in [0.05, 0.1) is 38.1 Å². The summed E-state index contributed by atoms with van der Waals surface area (Å²) in [7, 11) is 0. The first-order chi connectivity index (χ1) is 32.0. The molecule has 3 aliphatic rings. The van der Waals surface area contributed by atoms with Crippen molar-refractivity contribution >= 4 is 11.6 Å². The van der Waals surface area contributed by atoms with Gasteiger partial charge in [-0.25, -0.2) is 4.39 Å². The number of aliphatic hydroxyl groups is 3. The Balaban J connectivity index is 1.66. The van der Waals surface area contributed by atoms with E-state index < -0.39 is 23.3 Å². The predicted molar refractivity (Wildman–Crippen MR) is 258 cm³/mol. The number of allylic oxidation sites excluding steroid dienone is 1. The van der Waals surface area contributed by atoms with Crippen molar-refractivity contribution in [2.75, 3.05) is 46.2 Å². The van der Waals surface area contributed by atoms with Crippen molar-refractivity contribution in [2.24, 2.45) is 22.9 Å². The number of fused-ring (bicyclic) bond motifs is 2. The van der Waals surface area contributed by atoms with E-state index in [2.05, 4.69) is 19.6 Å². The van der Waals surface area contributed by atoms with Gasteiger partial charge in [-0.1, -0.05) is 107 Å². The number of carbonyl (C=O) groups excluding carboxylic acids is 1. The van der Waals surface area contributed by atoms with Crippen LogP contribution in [0.15, 0.2) is 71.9 Å². The molecule has 2 aromatic rings. The molecule has 66 heavy (non-hydrogen) atoms. The highest BCUT2D eigenvalue weighted by molar-refractivity contribution is 6.03. The van der Waals surface area contributed by atoms with Gasteiger partial charge in [0.2, 0.25) is 11.7 Å². The average molecular weight is 921 g/mol. The predicted octanol–water partition coefficient (Wildman–Crippen LogP) is 10.6. The Kier molecular flexibility index (Phi) is 21.9. The number of hydrogen-bond acceptors (Lipinski definition) is 10. The number of aliphatic hydroxyl groups excluding tert-OH is 3. The molecule has 0 aromatic heterocycles. The highest BCUT2D eigenvalue weighted by Crippen LogP contribution is 2.62. The number of unbranched alkanes of at least 4 members (excludes halogenated alkanes) is 10. The fraction of sp³-hybridized carbons (Fsp3) is 0.667. The van der Waals surface area contributed by atoms with Crippen LogP contribution in [0.3, 0.4) is 0 Å². The lowest BCUT2D eigenvalue weighted by Gasteiger charge is -2.60. The summed E-state index contributed by atoms with van der Waals surface area (Å²) >= 11 is 0. The van der Waals surface area contributed by atoms with Crippen LogP contribution in [0, 0.1) is 23.6 Å². The number of benzene rings is 2. The molecule has 6 atom stereocenters. The monoisotopic (exact) mass is 921 g/mol. The van der Waals surface area contributed by atoms with Gasteiger partial charge < -0.3 is 44.0 Å². The molecule has 1 fully saturated rings. The van der Waals surface area contributed by atoms with Gasteiger partial charge >= 0.3 is 0 Å². The third kappa shape index (κ3) is 14.6. The van der Waals surface area contributed by atoms with Crippen LogP contribution < -0.4 is 9.47 Å². The Hall–Kier alpha value is -3.81. The SMILES string of the molecule is C=CCOC12Oc3ccc(OCc4ccccc4F)cc3C3C(CCCCO)C(CCCCO)C=C(C(=NOC(C)(C)C)CC1N(CCOCCO)C(=O)CCCCCCCCCCC)C32. The van der Waals surface area contributed by atoms with Crippen LogP contribution in [0.25, 0.3) is 0 Å². The normalized spacial score (nSPS) is 22.8. The summed E-state index contributed by atoms with van der Waals surface area (Å²) in [5.41, 5.74) is 2.43. The van der Waals surface area contributed by atoms with Crippen molar-refractivity contribution in [3.8, 4) is 11.5 Å². The number of rotatable bonds is 31. The van der Waals surface area contributed by atoms with Crippen LogP contribution in [0.5, 0.6) is 11.5 Å². The number of hydrogen-bond donors (Lipinski definition) is 3. The first-order valence-electron chi connectivity index (χ1n) is 25.1. The molecule has 0 spiro atoms. The van der Waals surface area contributed by atoms with Gasteiger partial charge in [0.25, 0.3) is 0 Å². The minimum absolute atomic E-state index is 0.0272. The molecular weight excluding hydrogens is 840 g/mol. The lowest BCUT2D eigenvalue weighted by Crippen LogP contribution is -2.70. The third-order valence-corrected chi connectivity index (χ3v) is 13.3. The number of halogens is 1. The highest BCUT2D eigenvalue weighted by atomic mass is 19.1. The molecule has 0 bridgehead atoms. The van der Waals surface area contributed by atoms with Gasteiger partial charge in [0.15, 0.2) is 0 Å². The van der Waals surface area contributed by atoms with E-state index in [1.54, 1.807) is 24.3 Å². The van der Waals surface area contributed by atoms with Crippen LogP contribution in [0.2, 0.25) is 0 Å². The van der Waals surface area contributed by atoms with Gasteiger partial charge in [0.1, 0.15) is 35.6 Å². The van der Waals surface area contributed by atoms with E-state index in [1.165, 1.54) is 38.2 Å². The molecule has 5 rings (SSSR count). The standard InChI is InChI=1S/C54H81FN2O9/c1-6-8-9-10-11-12-13-14-15-26-50(61)57(29-34-62-35-32-60)49-38-47(56-66-53(3,4)5)44-36-40(22-18-20-30-58)43(24-19-21-31-59)51-45-37-42(63-39-41-23-16-17-25-46(41)55)27-28-48(45)65-54(49,52(44)51)64-33-7-2/h7,16-17,23,25,27-28,36-37,40,43,49,51-52,58-60H,2,6,8-15,18-22,24,26,29-35,38-39H2,1,3-5H3. The minimum atomic E-state index is -1.41. The molecule has 2 aliphatic carbocycles. The molecule has 1 aliphatic heterocycles. The summed E-state index contributed by atoms with van der Waals surface area (Å²) in [4.78, 5) is 23.1. The summed E-state index contributed by atoms with van der Waals surface area (Å²) in [5.74, 6) is -1.23. The summed E-state index contributed by atoms with van der Waals surface area (Å²) in [6, 6.07) is 11.7. The molecule has 0 radical (unpaired) electrons. The van der Waals surface area contributed by atoms with E-state index in [1.807, 2.05) is 43.9 Å². The summed E-state index contributed by atoms with van der Waals surface area (Å²) in [6.07, 6.45) is 19.4. The molecule has 12 heteroatoms. The first-order valence-corrected chi connectivity index (χ1v) is 25.1. The van der Waals surface area contributed by atoms with E-state index in [4.69, 9.17) is 28.9 Å². The van der Waals surface area contributed by atoms with Gasteiger partial charge in [-0.15, -0.1) is 6.58 Å². The van der Waals surface area contributed by atoms with Crippen molar-refractivity contribution in [1.29, 1.82) is 0 Å². The second-order valence-corrected chi connectivity index (χ2v) is 19.4. The second kappa shape index (κ2) is 27.3. The number of amides is 1. The Morgan fingerprint density at radius 1 is 0.924 bits per heavy atom. The van der Waals surface area contributed by atoms with Crippen molar-refractivity contribution in [2.45, 2.75) is 167 Å². The Labute approximate surface area is 394 Å². The molecule has 6 unspecified atom stereocenters. The van der Waals surface area contributed by atoms with E-state index >= 15 is 0 Å². The summed E-state index contributed by atoms with van der Waals surface area (Å²) < 4.78 is 41.6. The number of carbonyl (C=O) groups is 1. The molecular formula is C54H81FN2O9. The molecule has 0 saturated heterocycles. The quantitative estimate of drug-likeness (QED) is 0.0383. The Bertz CT molecular complexity index is 1850. The largest absolute Gasteiger partial charge is 0.489 e. The fourth-order valence-corrected chi connectivity index (χ4v) is 10.2. The van der Waals surface area contributed by atoms with E-state index in [0.29, 0.717) is 36.3 Å². The first kappa shape index (κ1) is 53.1. The number of nitrogens with zero attached hydrogens (tertiary/aromatic N) is 2. The molecule has 2 aromatic carbocycles. The fourth-order valence-electron chi connectivity index (χ4n) is 10.2. The molecule has 3 N–H and O–H groups in total. The van der Waals surface area contributed by atoms with E-state index in [-0.39, 0.29) is 88.7 Å². The maximum absolute atomic E-state index is 14.9. The smallest absolute Gasteiger partial charge is 0.239 e. The molecule has 1 amide bonds. The highest BCUT2D eigenvalue weighted by Gasteiger charge is 2.65. The molecule has 11 nitrogen and oxygen atoms in total. The van der Waals surface area contributed by atoms with Crippen LogP contribution in [0.4, 0.5) is 4.39 Å². The second-order valence-electron chi connectivity index (χ2n) is 19.4. The van der Waals surface area contributed by atoms with Crippen LogP contribution >= 0.6 is 0 Å².